The van der Waals surface area contributed by atoms with Crippen LogP contribution in [0.4, 0.5) is 0 Å². The molecule has 0 bridgehead atoms. The normalized spacial score (nSPS) is 17.0. The number of fused-ring (bicyclic) bond motifs is 1. The van der Waals surface area contributed by atoms with Crippen molar-refractivity contribution in [1.82, 2.24) is 10.3 Å². The van der Waals surface area contributed by atoms with Crippen LogP contribution in [0.1, 0.15) is 16.8 Å². The number of aryl methyl sites for hydroxylation is 1. The number of pyridine rings is 1. The van der Waals surface area contributed by atoms with E-state index in [0.29, 0.717) is 12.6 Å². The van der Waals surface area contributed by atoms with Crippen molar-refractivity contribution in [2.24, 2.45) is 0 Å². The molecule has 1 aliphatic rings. The topological polar surface area (TPSA) is 43.4 Å². The first-order chi connectivity index (χ1) is 10.3. The van der Waals surface area contributed by atoms with Gasteiger partial charge in [-0.3, -0.25) is 4.98 Å². The van der Waals surface area contributed by atoms with Crippen molar-refractivity contribution in [2.45, 2.75) is 25.9 Å². The van der Waals surface area contributed by atoms with E-state index in [0.717, 1.165) is 30.2 Å². The van der Waals surface area contributed by atoms with E-state index in [1.54, 1.807) is 7.11 Å². The molecule has 0 aliphatic carbocycles. The Hall–Kier alpha value is -2.07. The third-order valence-electron chi connectivity index (χ3n) is 3.85. The molecule has 4 nitrogen and oxygen atoms in total. The summed E-state index contributed by atoms with van der Waals surface area (Å²) in [7, 11) is 1.67. The van der Waals surface area contributed by atoms with Crippen LogP contribution in [0.3, 0.4) is 0 Å². The highest BCUT2D eigenvalue weighted by atomic mass is 16.5. The molecule has 1 N–H and O–H groups in total. The summed E-state index contributed by atoms with van der Waals surface area (Å²) in [5, 5.41) is 3.53. The van der Waals surface area contributed by atoms with Crippen LogP contribution in [0.2, 0.25) is 0 Å². The molecule has 0 spiro atoms. The number of ether oxygens (including phenoxy) is 2. The Morgan fingerprint density at radius 2 is 2.24 bits per heavy atom. The Morgan fingerprint density at radius 3 is 3.05 bits per heavy atom. The zero-order chi connectivity index (χ0) is 14.7. The van der Waals surface area contributed by atoms with Crippen molar-refractivity contribution in [3.05, 3.63) is 53.3 Å². The average molecular weight is 284 g/mol. The number of methoxy groups -OCH3 is 1. The molecule has 3 rings (SSSR count). The lowest BCUT2D eigenvalue weighted by Gasteiger charge is -2.27. The van der Waals surface area contributed by atoms with Crippen LogP contribution in [-0.2, 0) is 13.0 Å². The fraction of sp³-hybridized carbons (Fsp3) is 0.353. The van der Waals surface area contributed by atoms with Crippen LogP contribution in [-0.4, -0.2) is 24.7 Å². The molecule has 0 amide bonds. The van der Waals surface area contributed by atoms with E-state index in [1.807, 2.05) is 24.4 Å². The average Bonchev–Trinajstić information content (AvgIpc) is 2.53. The first-order valence-electron chi connectivity index (χ1n) is 7.20. The van der Waals surface area contributed by atoms with Crippen molar-refractivity contribution < 1.29 is 9.47 Å². The van der Waals surface area contributed by atoms with E-state index >= 15 is 0 Å². The maximum Gasteiger partial charge on any atom is 0.164 e. The first kappa shape index (κ1) is 13.9. The van der Waals surface area contributed by atoms with Gasteiger partial charge < -0.3 is 14.8 Å². The molecule has 1 unspecified atom stereocenters. The van der Waals surface area contributed by atoms with Crippen molar-refractivity contribution >= 4 is 0 Å². The summed E-state index contributed by atoms with van der Waals surface area (Å²) < 4.78 is 11.2. The summed E-state index contributed by atoms with van der Waals surface area (Å²) in [6.45, 7) is 3.50. The highest BCUT2D eigenvalue weighted by Gasteiger charge is 2.22. The molecule has 4 heteroatoms. The van der Waals surface area contributed by atoms with E-state index in [-0.39, 0.29) is 0 Å². The number of rotatable bonds is 4. The van der Waals surface area contributed by atoms with Gasteiger partial charge in [-0.15, -0.1) is 0 Å². The summed E-state index contributed by atoms with van der Waals surface area (Å²) in [4.78, 5) is 4.41. The molecule has 110 valence electrons. The van der Waals surface area contributed by atoms with Gasteiger partial charge in [-0.2, -0.15) is 0 Å². The minimum absolute atomic E-state index is 0.297. The van der Waals surface area contributed by atoms with Gasteiger partial charge in [0.05, 0.1) is 12.8 Å². The molecule has 0 radical (unpaired) electrons. The van der Waals surface area contributed by atoms with E-state index in [1.165, 1.54) is 11.1 Å². The molecule has 0 fully saturated rings. The number of hydrogen-bond acceptors (Lipinski definition) is 4. The fourth-order valence-electron chi connectivity index (χ4n) is 2.63. The van der Waals surface area contributed by atoms with Gasteiger partial charge in [0, 0.05) is 18.8 Å². The summed E-state index contributed by atoms with van der Waals surface area (Å²) >= 11 is 0. The molecular weight excluding hydrogens is 264 g/mol. The number of para-hydroxylation sites is 1. The lowest BCUT2D eigenvalue weighted by atomic mass is 10.0. The Balaban J connectivity index is 1.66. The van der Waals surface area contributed by atoms with E-state index < -0.39 is 0 Å². The molecular formula is C17H20N2O2. The molecule has 2 aromatic rings. The SMILES string of the molecule is COc1cccc2c1OCC(NCc1ncccc1C)C2. The predicted octanol–water partition coefficient (Wildman–Crippen LogP) is 2.49. The molecule has 1 aliphatic heterocycles. The second kappa shape index (κ2) is 6.14. The Bertz CT molecular complexity index is 628. The van der Waals surface area contributed by atoms with Gasteiger partial charge in [0.2, 0.25) is 0 Å². The second-order valence-electron chi connectivity index (χ2n) is 5.31. The van der Waals surface area contributed by atoms with Crippen LogP contribution in [0.5, 0.6) is 11.5 Å². The van der Waals surface area contributed by atoms with Gasteiger partial charge >= 0.3 is 0 Å². The minimum atomic E-state index is 0.297. The van der Waals surface area contributed by atoms with Gasteiger partial charge in [0.1, 0.15) is 6.61 Å². The number of hydrogen-bond donors (Lipinski definition) is 1. The highest BCUT2D eigenvalue weighted by molar-refractivity contribution is 5.48. The van der Waals surface area contributed by atoms with Crippen molar-refractivity contribution in [3.63, 3.8) is 0 Å². The van der Waals surface area contributed by atoms with Crippen LogP contribution < -0.4 is 14.8 Å². The van der Waals surface area contributed by atoms with Gasteiger partial charge in [0.25, 0.3) is 0 Å². The molecule has 0 saturated heterocycles. The zero-order valence-corrected chi connectivity index (χ0v) is 12.4. The smallest absolute Gasteiger partial charge is 0.164 e. The third-order valence-corrected chi connectivity index (χ3v) is 3.85. The zero-order valence-electron chi connectivity index (χ0n) is 12.4. The Morgan fingerprint density at radius 1 is 1.33 bits per heavy atom. The Labute approximate surface area is 125 Å². The number of benzene rings is 1. The second-order valence-corrected chi connectivity index (χ2v) is 5.31. The van der Waals surface area contributed by atoms with E-state index in [9.17, 15) is 0 Å². The molecule has 21 heavy (non-hydrogen) atoms. The Kier molecular flexibility index (Phi) is 4.06. The van der Waals surface area contributed by atoms with Gasteiger partial charge in [-0.1, -0.05) is 18.2 Å². The minimum Gasteiger partial charge on any atom is -0.493 e. The van der Waals surface area contributed by atoms with Crippen molar-refractivity contribution in [3.8, 4) is 11.5 Å². The largest absolute Gasteiger partial charge is 0.493 e. The van der Waals surface area contributed by atoms with Crippen LogP contribution >= 0.6 is 0 Å². The number of nitrogens with one attached hydrogen (secondary N) is 1. The molecule has 1 aromatic carbocycles. The summed E-state index contributed by atoms with van der Waals surface area (Å²) in [5.41, 5.74) is 3.49. The maximum atomic E-state index is 5.87. The molecule has 1 aromatic heterocycles. The summed E-state index contributed by atoms with van der Waals surface area (Å²) in [6.07, 6.45) is 2.78. The van der Waals surface area contributed by atoms with Gasteiger partial charge in [-0.25, -0.2) is 0 Å². The quantitative estimate of drug-likeness (QED) is 0.937. The van der Waals surface area contributed by atoms with Gasteiger partial charge in [-0.05, 0) is 36.6 Å². The monoisotopic (exact) mass is 284 g/mol. The molecule has 0 saturated carbocycles. The summed E-state index contributed by atoms with van der Waals surface area (Å²) in [5.74, 6) is 1.69. The van der Waals surface area contributed by atoms with Crippen molar-refractivity contribution in [2.75, 3.05) is 13.7 Å². The third kappa shape index (κ3) is 3.00. The van der Waals surface area contributed by atoms with Crippen molar-refractivity contribution in [1.29, 1.82) is 0 Å². The van der Waals surface area contributed by atoms with E-state index in [2.05, 4.69) is 29.4 Å². The predicted molar refractivity (Wildman–Crippen MR) is 81.8 cm³/mol. The lowest BCUT2D eigenvalue weighted by Crippen LogP contribution is -2.39. The first-order valence-corrected chi connectivity index (χ1v) is 7.20. The fourth-order valence-corrected chi connectivity index (χ4v) is 2.63. The standard InChI is InChI=1S/C17H20N2O2/c1-12-5-4-8-18-15(12)10-19-14-9-13-6-3-7-16(20-2)17(13)21-11-14/h3-8,14,19H,9-11H2,1-2H3. The number of nitrogens with zero attached hydrogens (tertiary/aromatic N) is 1. The molecule has 1 atom stereocenters. The van der Waals surface area contributed by atoms with Crippen LogP contribution in [0.25, 0.3) is 0 Å². The summed E-state index contributed by atoms with van der Waals surface area (Å²) in [6, 6.07) is 10.4. The lowest BCUT2D eigenvalue weighted by molar-refractivity contribution is 0.226. The maximum absolute atomic E-state index is 5.87. The van der Waals surface area contributed by atoms with Crippen LogP contribution in [0, 0.1) is 6.92 Å². The molecule has 2 heterocycles. The van der Waals surface area contributed by atoms with E-state index in [4.69, 9.17) is 9.47 Å². The number of aromatic nitrogens is 1. The highest BCUT2D eigenvalue weighted by Crippen LogP contribution is 2.34. The van der Waals surface area contributed by atoms with Crippen LogP contribution in [0.15, 0.2) is 36.5 Å². The van der Waals surface area contributed by atoms with Gasteiger partial charge in [0.15, 0.2) is 11.5 Å².